The molecule has 0 bridgehead atoms. The third-order valence-corrected chi connectivity index (χ3v) is 5.33. The minimum Gasteiger partial charge on any atom is -0.493 e. The maximum absolute atomic E-state index is 6.10. The lowest BCUT2D eigenvalue weighted by Crippen LogP contribution is -2.21. The maximum atomic E-state index is 6.10. The van der Waals surface area contributed by atoms with Gasteiger partial charge in [-0.05, 0) is 64.4 Å². The Kier molecular flexibility index (Phi) is 6.00. The molecule has 6 heteroatoms. The van der Waals surface area contributed by atoms with Crippen LogP contribution in [0.3, 0.4) is 0 Å². The van der Waals surface area contributed by atoms with Crippen molar-refractivity contribution in [3.8, 4) is 11.5 Å². The van der Waals surface area contributed by atoms with Crippen LogP contribution in [0.2, 0.25) is 0 Å². The monoisotopic (exact) mass is 394 g/mol. The Morgan fingerprint density at radius 2 is 1.97 bits per heavy atom. The summed E-state index contributed by atoms with van der Waals surface area (Å²) in [6, 6.07) is 8.24. The van der Waals surface area contributed by atoms with Gasteiger partial charge in [0.15, 0.2) is 11.5 Å². The van der Waals surface area contributed by atoms with E-state index in [1.165, 1.54) is 25.9 Å². The standard InChI is InChI=1S/C23H30N4O2/c1-16(2)25-23-17-8-6-9-24-22(17)18-14-20(28-3)21(15-19(18)26-23)29-13-7-12-27-10-4-5-11-27/h6,8-9,14-16H,4-5,7,10-13H2,1-3H3,(H,25,26). The third kappa shape index (κ3) is 4.37. The number of methoxy groups -OCH3 is 1. The molecule has 4 rings (SSSR count). The molecule has 2 aromatic heterocycles. The molecule has 0 unspecified atom stereocenters. The Labute approximate surface area is 172 Å². The van der Waals surface area contributed by atoms with E-state index >= 15 is 0 Å². The van der Waals surface area contributed by atoms with Crippen LogP contribution in [0.4, 0.5) is 5.82 Å². The van der Waals surface area contributed by atoms with Crippen molar-refractivity contribution in [3.63, 3.8) is 0 Å². The van der Waals surface area contributed by atoms with Gasteiger partial charge < -0.3 is 19.7 Å². The highest BCUT2D eigenvalue weighted by atomic mass is 16.5. The first-order valence-corrected chi connectivity index (χ1v) is 10.5. The van der Waals surface area contributed by atoms with E-state index < -0.39 is 0 Å². The van der Waals surface area contributed by atoms with Crippen LogP contribution >= 0.6 is 0 Å². The molecule has 1 aliphatic rings. The van der Waals surface area contributed by atoms with Gasteiger partial charge in [0.1, 0.15) is 5.82 Å². The first-order valence-electron chi connectivity index (χ1n) is 10.5. The normalized spacial score (nSPS) is 14.8. The Hall–Kier alpha value is -2.60. The molecule has 1 aliphatic heterocycles. The Morgan fingerprint density at radius 3 is 2.72 bits per heavy atom. The summed E-state index contributed by atoms with van der Waals surface area (Å²) in [4.78, 5) is 12.0. The van der Waals surface area contributed by atoms with Crippen LogP contribution in [0.1, 0.15) is 33.1 Å². The smallest absolute Gasteiger partial charge is 0.163 e. The number of fused-ring (bicyclic) bond motifs is 3. The predicted octanol–water partition coefficient (Wildman–Crippen LogP) is 4.48. The van der Waals surface area contributed by atoms with Gasteiger partial charge in [-0.25, -0.2) is 4.98 Å². The lowest BCUT2D eigenvalue weighted by molar-refractivity contribution is 0.254. The van der Waals surface area contributed by atoms with Gasteiger partial charge in [0.05, 0.1) is 24.8 Å². The zero-order valence-corrected chi connectivity index (χ0v) is 17.6. The van der Waals surface area contributed by atoms with Crippen LogP contribution in [0.5, 0.6) is 11.5 Å². The predicted molar refractivity (Wildman–Crippen MR) is 118 cm³/mol. The number of rotatable bonds is 8. The van der Waals surface area contributed by atoms with E-state index in [1.807, 2.05) is 24.4 Å². The number of benzene rings is 1. The fourth-order valence-corrected chi connectivity index (χ4v) is 3.96. The molecule has 1 aromatic carbocycles. The zero-order valence-electron chi connectivity index (χ0n) is 17.6. The average molecular weight is 395 g/mol. The minimum atomic E-state index is 0.280. The molecule has 29 heavy (non-hydrogen) atoms. The highest BCUT2D eigenvalue weighted by Crippen LogP contribution is 2.36. The van der Waals surface area contributed by atoms with E-state index in [9.17, 15) is 0 Å². The van der Waals surface area contributed by atoms with Gasteiger partial charge in [-0.2, -0.15) is 0 Å². The van der Waals surface area contributed by atoms with E-state index in [2.05, 4.69) is 35.1 Å². The number of nitrogens with zero attached hydrogens (tertiary/aromatic N) is 3. The van der Waals surface area contributed by atoms with Crippen LogP contribution in [0.25, 0.3) is 21.8 Å². The van der Waals surface area contributed by atoms with Gasteiger partial charge in [-0.15, -0.1) is 0 Å². The van der Waals surface area contributed by atoms with Crippen molar-refractivity contribution in [2.45, 2.75) is 39.2 Å². The van der Waals surface area contributed by atoms with Gasteiger partial charge >= 0.3 is 0 Å². The van der Waals surface area contributed by atoms with Crippen molar-refractivity contribution in [3.05, 3.63) is 30.5 Å². The van der Waals surface area contributed by atoms with Crippen molar-refractivity contribution in [2.24, 2.45) is 0 Å². The molecule has 0 amide bonds. The average Bonchev–Trinajstić information content (AvgIpc) is 3.24. The highest BCUT2D eigenvalue weighted by Gasteiger charge is 2.15. The summed E-state index contributed by atoms with van der Waals surface area (Å²) < 4.78 is 11.7. The Balaban J connectivity index is 1.63. The maximum Gasteiger partial charge on any atom is 0.163 e. The fourth-order valence-electron chi connectivity index (χ4n) is 3.96. The van der Waals surface area contributed by atoms with E-state index in [-0.39, 0.29) is 6.04 Å². The Bertz CT molecular complexity index is 983. The minimum absolute atomic E-state index is 0.280. The van der Waals surface area contributed by atoms with Gasteiger partial charge in [0.2, 0.25) is 0 Å². The van der Waals surface area contributed by atoms with Gasteiger partial charge in [0, 0.05) is 35.6 Å². The molecule has 1 fully saturated rings. The van der Waals surface area contributed by atoms with E-state index in [0.717, 1.165) is 52.1 Å². The third-order valence-electron chi connectivity index (χ3n) is 5.33. The van der Waals surface area contributed by atoms with Crippen molar-refractivity contribution < 1.29 is 9.47 Å². The van der Waals surface area contributed by atoms with Crippen LogP contribution in [-0.4, -0.2) is 54.3 Å². The largest absolute Gasteiger partial charge is 0.493 e. The zero-order chi connectivity index (χ0) is 20.2. The molecule has 154 valence electrons. The van der Waals surface area contributed by atoms with Gasteiger partial charge in [-0.3, -0.25) is 4.98 Å². The Morgan fingerprint density at radius 1 is 1.14 bits per heavy atom. The van der Waals surface area contributed by atoms with Crippen molar-refractivity contribution in [1.82, 2.24) is 14.9 Å². The molecule has 0 spiro atoms. The first kappa shape index (κ1) is 19.7. The summed E-state index contributed by atoms with van der Waals surface area (Å²) in [5.41, 5.74) is 1.77. The van der Waals surface area contributed by atoms with Gasteiger partial charge in [0.25, 0.3) is 0 Å². The summed E-state index contributed by atoms with van der Waals surface area (Å²) >= 11 is 0. The van der Waals surface area contributed by atoms with E-state index in [1.54, 1.807) is 7.11 Å². The van der Waals surface area contributed by atoms with Gasteiger partial charge in [-0.1, -0.05) is 0 Å². The summed E-state index contributed by atoms with van der Waals surface area (Å²) in [5.74, 6) is 2.30. The second-order valence-electron chi connectivity index (χ2n) is 7.93. The molecule has 0 aliphatic carbocycles. The summed E-state index contributed by atoms with van der Waals surface area (Å²) in [5, 5.41) is 5.42. The molecular weight excluding hydrogens is 364 g/mol. The van der Waals surface area contributed by atoms with Crippen LogP contribution in [0.15, 0.2) is 30.5 Å². The molecule has 0 saturated carbocycles. The quantitative estimate of drug-likeness (QED) is 0.449. The number of likely N-dealkylation sites (tertiary alicyclic amines) is 1. The first-order chi connectivity index (χ1) is 14.2. The second-order valence-corrected chi connectivity index (χ2v) is 7.93. The van der Waals surface area contributed by atoms with Crippen molar-refractivity contribution in [1.29, 1.82) is 0 Å². The summed E-state index contributed by atoms with van der Waals surface area (Å²) in [7, 11) is 1.68. The molecule has 1 N–H and O–H groups in total. The molecular formula is C23H30N4O2. The number of hydrogen-bond donors (Lipinski definition) is 1. The van der Waals surface area contributed by atoms with E-state index in [0.29, 0.717) is 6.61 Å². The number of pyridine rings is 2. The summed E-state index contributed by atoms with van der Waals surface area (Å²) in [6.07, 6.45) is 5.46. The molecule has 1 saturated heterocycles. The van der Waals surface area contributed by atoms with Crippen LogP contribution in [-0.2, 0) is 0 Å². The second kappa shape index (κ2) is 8.82. The number of hydrogen-bond acceptors (Lipinski definition) is 6. The van der Waals surface area contributed by atoms with Crippen LogP contribution in [0, 0.1) is 0 Å². The van der Waals surface area contributed by atoms with E-state index in [4.69, 9.17) is 14.5 Å². The number of anilines is 1. The molecule has 0 radical (unpaired) electrons. The SMILES string of the molecule is COc1cc2c(cc1OCCCN1CCCC1)nc(NC(C)C)c1cccnc12. The lowest BCUT2D eigenvalue weighted by atomic mass is 10.1. The van der Waals surface area contributed by atoms with Crippen molar-refractivity contribution >= 4 is 27.6 Å². The topological polar surface area (TPSA) is 59.5 Å². The summed E-state index contributed by atoms with van der Waals surface area (Å²) in [6.45, 7) is 8.41. The number of nitrogens with one attached hydrogen (secondary N) is 1. The molecule has 0 atom stereocenters. The van der Waals surface area contributed by atoms with Crippen molar-refractivity contribution in [2.75, 3.05) is 38.7 Å². The number of aromatic nitrogens is 2. The molecule has 3 heterocycles. The highest BCUT2D eigenvalue weighted by molar-refractivity contribution is 6.08. The number of ether oxygens (including phenoxy) is 2. The molecule has 3 aromatic rings. The molecule has 6 nitrogen and oxygen atoms in total. The van der Waals surface area contributed by atoms with Crippen LogP contribution < -0.4 is 14.8 Å². The lowest BCUT2D eigenvalue weighted by Gasteiger charge is -2.17. The fraction of sp³-hybridized carbons (Fsp3) is 0.478.